The Bertz CT molecular complexity index is 1690. The summed E-state index contributed by atoms with van der Waals surface area (Å²) >= 11 is 0. The molecule has 6 rings (SSSR count). The number of benzene rings is 4. The summed E-state index contributed by atoms with van der Waals surface area (Å²) in [6, 6.07) is 31.4. The molecule has 174 valence electrons. The summed E-state index contributed by atoms with van der Waals surface area (Å²) in [6.45, 7) is 4.44. The number of hydrogen-bond donors (Lipinski definition) is 0. The maximum absolute atomic E-state index is 2.36. The highest BCUT2D eigenvalue weighted by Gasteiger charge is 2.14. The zero-order valence-corrected chi connectivity index (χ0v) is 21.2. The molecule has 6 aromatic rings. The summed E-state index contributed by atoms with van der Waals surface area (Å²) in [6.07, 6.45) is 6.70. The van der Waals surface area contributed by atoms with Crippen LogP contribution in [0.5, 0.6) is 0 Å². The Hall–Kier alpha value is -3.62. The molecule has 2 aromatic heterocycles. The Morgan fingerprint density at radius 2 is 1.60 bits per heavy atom. The standard InChI is InChI=1S/C32H29N2.ClH/c1-4-7-23-9-6-11-28(18-23)34-17-16-24-12-13-26(20-31(24)34)25-14-15-30-29(19-25)32-22(2)8-5-10-27(32)21-33(30)3;/h5-6,8-21H,4,7H2,1-3H3;1H/q+1;/p-1. The van der Waals surface area contributed by atoms with Crippen molar-refractivity contribution in [2.24, 2.45) is 7.05 Å². The number of nitrogens with zero attached hydrogens (tertiary/aromatic N) is 2. The van der Waals surface area contributed by atoms with Crippen LogP contribution in [-0.4, -0.2) is 4.57 Å². The summed E-state index contributed by atoms with van der Waals surface area (Å²) in [7, 11) is 2.13. The molecule has 0 N–H and O–H groups in total. The second kappa shape index (κ2) is 9.20. The number of pyridine rings is 1. The van der Waals surface area contributed by atoms with Gasteiger partial charge in [-0.05, 0) is 83.4 Å². The molecule has 2 nitrogen and oxygen atoms in total. The first kappa shape index (κ1) is 23.1. The van der Waals surface area contributed by atoms with Crippen LogP contribution in [0.15, 0.2) is 97.3 Å². The van der Waals surface area contributed by atoms with E-state index in [9.17, 15) is 0 Å². The third-order valence-electron chi connectivity index (χ3n) is 7.04. The Labute approximate surface area is 212 Å². The monoisotopic (exact) mass is 476 g/mol. The van der Waals surface area contributed by atoms with Gasteiger partial charge in [-0.15, -0.1) is 0 Å². The fourth-order valence-electron chi connectivity index (χ4n) is 5.35. The number of halogens is 1. The van der Waals surface area contributed by atoms with Crippen LogP contribution in [0, 0.1) is 6.92 Å². The van der Waals surface area contributed by atoms with E-state index in [1.54, 1.807) is 0 Å². The Morgan fingerprint density at radius 1 is 0.800 bits per heavy atom. The van der Waals surface area contributed by atoms with E-state index in [-0.39, 0.29) is 12.4 Å². The average Bonchev–Trinajstić information content (AvgIpc) is 3.27. The van der Waals surface area contributed by atoms with Crippen molar-refractivity contribution < 1.29 is 17.0 Å². The van der Waals surface area contributed by atoms with E-state index in [2.05, 4.69) is 127 Å². The van der Waals surface area contributed by atoms with Gasteiger partial charge in [-0.2, -0.15) is 0 Å². The van der Waals surface area contributed by atoms with Gasteiger partial charge in [0.25, 0.3) is 0 Å². The summed E-state index contributed by atoms with van der Waals surface area (Å²) in [5.41, 5.74) is 8.92. The number of aryl methyl sites for hydroxylation is 3. The molecule has 0 radical (unpaired) electrons. The zero-order valence-electron chi connectivity index (χ0n) is 20.4. The normalized spacial score (nSPS) is 11.3. The SMILES string of the molecule is CCCc1cccc(-n2ccc3ccc(-c4ccc5c(c4)c4c(C)cccc4c[n+]5C)cc32)c1.[Cl-]. The molecule has 35 heavy (non-hydrogen) atoms. The number of fused-ring (bicyclic) bond motifs is 4. The molecule has 0 saturated heterocycles. The largest absolute Gasteiger partial charge is 1.00 e. The topological polar surface area (TPSA) is 8.81 Å². The highest BCUT2D eigenvalue weighted by molar-refractivity contribution is 6.07. The molecule has 0 amide bonds. The molecule has 0 unspecified atom stereocenters. The molecule has 0 spiro atoms. The van der Waals surface area contributed by atoms with E-state index in [1.165, 1.54) is 60.5 Å². The molecule has 0 aliphatic rings. The molecule has 2 heterocycles. The van der Waals surface area contributed by atoms with Crippen molar-refractivity contribution in [3.05, 3.63) is 108 Å². The van der Waals surface area contributed by atoms with Gasteiger partial charge < -0.3 is 17.0 Å². The predicted molar refractivity (Wildman–Crippen MR) is 144 cm³/mol. The molecule has 0 atom stereocenters. The highest BCUT2D eigenvalue weighted by Crippen LogP contribution is 2.32. The lowest BCUT2D eigenvalue weighted by Crippen LogP contribution is -3.00. The van der Waals surface area contributed by atoms with Crippen molar-refractivity contribution in [2.45, 2.75) is 26.7 Å². The van der Waals surface area contributed by atoms with Crippen molar-refractivity contribution in [1.82, 2.24) is 4.57 Å². The lowest BCUT2D eigenvalue weighted by Gasteiger charge is -2.10. The van der Waals surface area contributed by atoms with Crippen LogP contribution in [-0.2, 0) is 13.5 Å². The van der Waals surface area contributed by atoms with Crippen LogP contribution < -0.4 is 17.0 Å². The van der Waals surface area contributed by atoms with Crippen LogP contribution >= 0.6 is 0 Å². The molecular formula is C32H29ClN2. The van der Waals surface area contributed by atoms with Gasteiger partial charge in [0, 0.05) is 28.7 Å². The first-order chi connectivity index (χ1) is 16.6. The molecular weight excluding hydrogens is 448 g/mol. The van der Waals surface area contributed by atoms with E-state index in [1.807, 2.05) is 0 Å². The summed E-state index contributed by atoms with van der Waals surface area (Å²) in [5.74, 6) is 0. The van der Waals surface area contributed by atoms with Gasteiger partial charge in [0.1, 0.15) is 7.05 Å². The third-order valence-corrected chi connectivity index (χ3v) is 7.04. The average molecular weight is 477 g/mol. The van der Waals surface area contributed by atoms with Gasteiger partial charge in [0.15, 0.2) is 6.20 Å². The third kappa shape index (κ3) is 3.98. The minimum atomic E-state index is 0. The lowest BCUT2D eigenvalue weighted by atomic mass is 9.97. The molecule has 0 bridgehead atoms. The quantitative estimate of drug-likeness (QED) is 0.258. The van der Waals surface area contributed by atoms with Crippen LogP contribution in [0.25, 0.3) is 49.4 Å². The molecule has 0 saturated carbocycles. The van der Waals surface area contributed by atoms with Crippen molar-refractivity contribution in [1.29, 1.82) is 0 Å². The fourth-order valence-corrected chi connectivity index (χ4v) is 5.35. The first-order valence-corrected chi connectivity index (χ1v) is 12.1. The van der Waals surface area contributed by atoms with Gasteiger partial charge >= 0.3 is 0 Å². The van der Waals surface area contributed by atoms with Crippen LogP contribution in [0.4, 0.5) is 0 Å². The Kier molecular flexibility index (Phi) is 6.08. The van der Waals surface area contributed by atoms with Crippen LogP contribution in [0.3, 0.4) is 0 Å². The van der Waals surface area contributed by atoms with Crippen molar-refractivity contribution >= 4 is 32.6 Å². The van der Waals surface area contributed by atoms with Crippen molar-refractivity contribution in [3.8, 4) is 16.8 Å². The van der Waals surface area contributed by atoms with Gasteiger partial charge in [0.05, 0.1) is 10.9 Å². The van der Waals surface area contributed by atoms with Crippen molar-refractivity contribution in [2.75, 3.05) is 0 Å². The van der Waals surface area contributed by atoms with Gasteiger partial charge in [-0.3, -0.25) is 0 Å². The summed E-state index contributed by atoms with van der Waals surface area (Å²) in [5, 5.41) is 5.19. The second-order valence-electron chi connectivity index (χ2n) is 9.39. The van der Waals surface area contributed by atoms with E-state index >= 15 is 0 Å². The number of aromatic nitrogens is 2. The van der Waals surface area contributed by atoms with Gasteiger partial charge in [-0.25, -0.2) is 4.57 Å². The number of rotatable bonds is 4. The Balaban J connectivity index is 0.00000253. The predicted octanol–water partition coefficient (Wildman–Crippen LogP) is 4.69. The first-order valence-electron chi connectivity index (χ1n) is 12.1. The molecule has 4 aromatic carbocycles. The molecule has 0 fully saturated rings. The lowest BCUT2D eigenvalue weighted by molar-refractivity contribution is -0.643. The fraction of sp³-hybridized carbons (Fsp3) is 0.156. The highest BCUT2D eigenvalue weighted by atomic mass is 35.5. The maximum Gasteiger partial charge on any atom is 0.212 e. The van der Waals surface area contributed by atoms with E-state index in [0.29, 0.717) is 0 Å². The minimum Gasteiger partial charge on any atom is -1.00 e. The maximum atomic E-state index is 2.36. The van der Waals surface area contributed by atoms with Gasteiger partial charge in [0.2, 0.25) is 5.52 Å². The molecule has 3 heteroatoms. The summed E-state index contributed by atoms with van der Waals surface area (Å²) < 4.78 is 4.55. The summed E-state index contributed by atoms with van der Waals surface area (Å²) in [4.78, 5) is 0. The zero-order chi connectivity index (χ0) is 23.2. The molecule has 0 aliphatic carbocycles. The van der Waals surface area contributed by atoms with Crippen LogP contribution in [0.1, 0.15) is 24.5 Å². The second-order valence-corrected chi connectivity index (χ2v) is 9.39. The van der Waals surface area contributed by atoms with E-state index < -0.39 is 0 Å². The minimum absolute atomic E-state index is 0. The van der Waals surface area contributed by atoms with Crippen LogP contribution in [0.2, 0.25) is 0 Å². The molecule has 0 aliphatic heterocycles. The smallest absolute Gasteiger partial charge is 0.212 e. The Morgan fingerprint density at radius 3 is 2.46 bits per heavy atom. The van der Waals surface area contributed by atoms with Crippen molar-refractivity contribution in [3.63, 3.8) is 0 Å². The van der Waals surface area contributed by atoms with Gasteiger partial charge in [-0.1, -0.05) is 49.7 Å². The van der Waals surface area contributed by atoms with E-state index in [4.69, 9.17) is 0 Å². The number of hydrogen-bond acceptors (Lipinski definition) is 0. The van der Waals surface area contributed by atoms with E-state index in [0.717, 1.165) is 12.8 Å².